The van der Waals surface area contributed by atoms with Crippen LogP contribution in [0.2, 0.25) is 0 Å². The number of nitrogens with zero attached hydrogens (tertiary/aromatic N) is 5. The third kappa shape index (κ3) is 3.76. The molecule has 2 heterocycles. The summed E-state index contributed by atoms with van der Waals surface area (Å²) in [5.74, 6) is 0.782. The lowest BCUT2D eigenvalue weighted by atomic mass is 10.0. The minimum atomic E-state index is -0.0614. The molecule has 2 N–H and O–H groups in total. The Labute approximate surface area is 169 Å². The normalized spacial score (nSPS) is 15.0. The average molecular weight is 395 g/mol. The van der Waals surface area contributed by atoms with Gasteiger partial charge in [-0.3, -0.25) is 5.01 Å². The number of morpholine rings is 1. The SMILES string of the molecule is CC(C)c1cc(-n2nncc2N(c2ccccc2)N2CCOCC2)c(O)cc1O. The molecule has 1 fully saturated rings. The highest BCUT2D eigenvalue weighted by Crippen LogP contribution is 2.37. The Morgan fingerprint density at radius 3 is 2.45 bits per heavy atom. The Morgan fingerprint density at radius 2 is 1.76 bits per heavy atom. The summed E-state index contributed by atoms with van der Waals surface area (Å²) in [6.07, 6.45) is 1.67. The summed E-state index contributed by atoms with van der Waals surface area (Å²) in [6.45, 7) is 6.68. The van der Waals surface area contributed by atoms with Crippen LogP contribution in [0.3, 0.4) is 0 Å². The fourth-order valence-electron chi connectivity index (χ4n) is 3.52. The fourth-order valence-corrected chi connectivity index (χ4v) is 3.52. The molecule has 4 rings (SSSR count). The summed E-state index contributed by atoms with van der Waals surface area (Å²) in [5, 5.41) is 33.3. The van der Waals surface area contributed by atoms with Gasteiger partial charge in [0.25, 0.3) is 0 Å². The van der Waals surface area contributed by atoms with Crippen LogP contribution in [-0.4, -0.2) is 56.5 Å². The number of phenols is 2. The highest BCUT2D eigenvalue weighted by Gasteiger charge is 2.26. The van der Waals surface area contributed by atoms with Crippen molar-refractivity contribution >= 4 is 11.5 Å². The topological polar surface area (TPSA) is 86.9 Å². The standard InChI is InChI=1S/C21H25N5O3/c1-15(2)17-12-18(20(28)13-19(17)27)25-21(14-22-23-25)26(16-6-4-3-5-7-16)24-8-10-29-11-9-24/h3-7,12-15,27-28H,8-11H2,1-2H3. The summed E-state index contributed by atoms with van der Waals surface area (Å²) in [7, 11) is 0. The van der Waals surface area contributed by atoms with Crippen LogP contribution in [0.25, 0.3) is 5.69 Å². The van der Waals surface area contributed by atoms with Crippen molar-refractivity contribution in [2.75, 3.05) is 31.3 Å². The molecular formula is C21H25N5O3. The van der Waals surface area contributed by atoms with E-state index in [0.29, 0.717) is 24.7 Å². The summed E-state index contributed by atoms with van der Waals surface area (Å²) in [6, 6.07) is 13.1. The summed E-state index contributed by atoms with van der Waals surface area (Å²) in [4.78, 5) is 0. The molecule has 0 unspecified atom stereocenters. The quantitative estimate of drug-likeness (QED) is 0.686. The van der Waals surface area contributed by atoms with E-state index in [9.17, 15) is 10.2 Å². The zero-order valence-electron chi connectivity index (χ0n) is 16.6. The van der Waals surface area contributed by atoms with Gasteiger partial charge < -0.3 is 14.9 Å². The van der Waals surface area contributed by atoms with Crippen LogP contribution in [0.5, 0.6) is 11.5 Å². The number of ether oxygens (including phenoxy) is 1. The molecule has 0 spiro atoms. The van der Waals surface area contributed by atoms with E-state index in [1.54, 1.807) is 16.9 Å². The van der Waals surface area contributed by atoms with Crippen molar-refractivity contribution < 1.29 is 14.9 Å². The number of hydrogen-bond acceptors (Lipinski definition) is 7. The molecule has 8 nitrogen and oxygen atoms in total. The molecule has 1 saturated heterocycles. The fraction of sp³-hybridized carbons (Fsp3) is 0.333. The number of hydrazine groups is 1. The summed E-state index contributed by atoms with van der Waals surface area (Å²) >= 11 is 0. The summed E-state index contributed by atoms with van der Waals surface area (Å²) < 4.78 is 7.12. The second kappa shape index (κ2) is 8.10. The molecule has 0 bridgehead atoms. The van der Waals surface area contributed by atoms with Crippen molar-refractivity contribution in [2.45, 2.75) is 19.8 Å². The highest BCUT2D eigenvalue weighted by molar-refractivity contribution is 5.63. The Hall–Kier alpha value is -3.10. The molecular weight excluding hydrogens is 370 g/mol. The second-order valence-corrected chi connectivity index (χ2v) is 7.27. The Bertz CT molecular complexity index is 968. The van der Waals surface area contributed by atoms with Gasteiger partial charge in [0, 0.05) is 19.2 Å². The van der Waals surface area contributed by atoms with Crippen LogP contribution < -0.4 is 5.01 Å². The lowest BCUT2D eigenvalue weighted by molar-refractivity contribution is 0.0373. The molecule has 0 radical (unpaired) electrons. The van der Waals surface area contributed by atoms with E-state index in [4.69, 9.17) is 4.74 Å². The number of aromatic nitrogens is 3. The van der Waals surface area contributed by atoms with E-state index in [0.717, 1.165) is 24.3 Å². The van der Waals surface area contributed by atoms with E-state index in [1.165, 1.54) is 6.07 Å². The van der Waals surface area contributed by atoms with Gasteiger partial charge in [0.05, 0.1) is 25.1 Å². The Morgan fingerprint density at radius 1 is 1.03 bits per heavy atom. The van der Waals surface area contributed by atoms with Crippen LogP contribution in [0.15, 0.2) is 48.7 Å². The maximum atomic E-state index is 10.6. The summed E-state index contributed by atoms with van der Waals surface area (Å²) in [5.41, 5.74) is 2.16. The van der Waals surface area contributed by atoms with Crippen molar-refractivity contribution in [3.63, 3.8) is 0 Å². The number of anilines is 2. The molecule has 1 aliphatic rings. The van der Waals surface area contributed by atoms with E-state index < -0.39 is 0 Å². The van der Waals surface area contributed by atoms with Crippen molar-refractivity contribution in [1.29, 1.82) is 0 Å². The smallest absolute Gasteiger partial charge is 0.172 e. The van der Waals surface area contributed by atoms with Gasteiger partial charge in [-0.15, -0.1) is 5.10 Å². The molecule has 3 aromatic rings. The zero-order valence-corrected chi connectivity index (χ0v) is 16.6. The first-order valence-corrected chi connectivity index (χ1v) is 9.71. The van der Waals surface area contributed by atoms with Gasteiger partial charge >= 0.3 is 0 Å². The van der Waals surface area contributed by atoms with Crippen molar-refractivity contribution in [3.05, 3.63) is 54.2 Å². The number of phenolic OH excluding ortho intramolecular Hbond substituents is 2. The first-order chi connectivity index (χ1) is 14.1. The maximum Gasteiger partial charge on any atom is 0.172 e. The number of para-hydroxylation sites is 1. The van der Waals surface area contributed by atoms with E-state index in [-0.39, 0.29) is 17.4 Å². The van der Waals surface area contributed by atoms with Crippen LogP contribution in [0.4, 0.5) is 11.5 Å². The molecule has 0 saturated carbocycles. The van der Waals surface area contributed by atoms with E-state index >= 15 is 0 Å². The largest absolute Gasteiger partial charge is 0.508 e. The van der Waals surface area contributed by atoms with Gasteiger partial charge in [-0.25, -0.2) is 5.01 Å². The van der Waals surface area contributed by atoms with Gasteiger partial charge in [-0.2, -0.15) is 4.68 Å². The molecule has 152 valence electrons. The zero-order chi connectivity index (χ0) is 20.4. The van der Waals surface area contributed by atoms with Gasteiger partial charge in [0.1, 0.15) is 17.2 Å². The average Bonchev–Trinajstić information content (AvgIpc) is 3.18. The number of hydrogen-bond donors (Lipinski definition) is 2. The van der Waals surface area contributed by atoms with Gasteiger partial charge in [-0.1, -0.05) is 37.3 Å². The highest BCUT2D eigenvalue weighted by atomic mass is 16.5. The third-order valence-electron chi connectivity index (χ3n) is 4.99. The molecule has 1 aliphatic heterocycles. The van der Waals surface area contributed by atoms with Gasteiger partial charge in [-0.05, 0) is 29.7 Å². The van der Waals surface area contributed by atoms with Crippen molar-refractivity contribution in [3.8, 4) is 17.2 Å². The number of aromatic hydroxyl groups is 2. The predicted molar refractivity (Wildman–Crippen MR) is 110 cm³/mol. The van der Waals surface area contributed by atoms with Crippen LogP contribution in [-0.2, 0) is 4.74 Å². The third-order valence-corrected chi connectivity index (χ3v) is 4.99. The maximum absolute atomic E-state index is 10.6. The van der Waals surface area contributed by atoms with Crippen molar-refractivity contribution in [1.82, 2.24) is 20.0 Å². The molecule has 2 aromatic carbocycles. The molecule has 29 heavy (non-hydrogen) atoms. The monoisotopic (exact) mass is 395 g/mol. The lowest BCUT2D eigenvalue weighted by Crippen LogP contribution is -2.47. The molecule has 0 atom stereocenters. The predicted octanol–water partition coefficient (Wildman–Crippen LogP) is 3.19. The molecule has 8 heteroatoms. The van der Waals surface area contributed by atoms with Crippen LogP contribution >= 0.6 is 0 Å². The number of benzene rings is 2. The first-order valence-electron chi connectivity index (χ1n) is 9.71. The van der Waals surface area contributed by atoms with E-state index in [2.05, 4.69) is 15.3 Å². The molecule has 0 amide bonds. The minimum absolute atomic E-state index is 0.0614. The minimum Gasteiger partial charge on any atom is -0.508 e. The van der Waals surface area contributed by atoms with Gasteiger partial charge in [0.2, 0.25) is 0 Å². The molecule has 1 aromatic heterocycles. The van der Waals surface area contributed by atoms with Crippen LogP contribution in [0, 0.1) is 0 Å². The number of rotatable bonds is 5. The first kappa shape index (κ1) is 19.2. The molecule has 0 aliphatic carbocycles. The Balaban J connectivity index is 1.84. The van der Waals surface area contributed by atoms with Crippen molar-refractivity contribution in [2.24, 2.45) is 0 Å². The van der Waals surface area contributed by atoms with Crippen LogP contribution in [0.1, 0.15) is 25.3 Å². The lowest BCUT2D eigenvalue weighted by Gasteiger charge is -2.38. The van der Waals surface area contributed by atoms with Gasteiger partial charge in [0.15, 0.2) is 5.82 Å². The Kier molecular flexibility index (Phi) is 5.37. The van der Waals surface area contributed by atoms with E-state index in [1.807, 2.05) is 49.2 Å². The second-order valence-electron chi connectivity index (χ2n) is 7.27.